The second-order valence-corrected chi connectivity index (χ2v) is 3.50. The molecule has 0 saturated heterocycles. The summed E-state index contributed by atoms with van der Waals surface area (Å²) >= 11 is 0. The fourth-order valence-electron chi connectivity index (χ4n) is 1.66. The summed E-state index contributed by atoms with van der Waals surface area (Å²) in [5.41, 5.74) is 2.35. The van der Waals surface area contributed by atoms with E-state index >= 15 is 0 Å². The summed E-state index contributed by atoms with van der Waals surface area (Å²) < 4.78 is 2.03. The topological polar surface area (TPSA) is 18.0 Å². The maximum atomic E-state index is 5.27. The van der Waals surface area contributed by atoms with Crippen molar-refractivity contribution in [1.29, 1.82) is 0 Å². The van der Waals surface area contributed by atoms with E-state index in [-0.39, 0.29) is 0 Å². The highest BCUT2D eigenvalue weighted by Gasteiger charge is 2.12. The molecule has 0 amide bonds. The van der Waals surface area contributed by atoms with Crippen molar-refractivity contribution >= 4 is 0 Å². The Morgan fingerprint density at radius 3 is 2.60 bits per heavy atom. The maximum Gasteiger partial charge on any atom is 0.200 e. The predicted octanol–water partition coefficient (Wildman–Crippen LogP) is 1.19. The Morgan fingerprint density at radius 2 is 1.93 bits per heavy atom. The van der Waals surface area contributed by atoms with E-state index in [4.69, 9.17) is 4.84 Å². The smallest absolute Gasteiger partial charge is 0.200 e. The van der Waals surface area contributed by atoms with E-state index in [0.717, 1.165) is 12.2 Å². The summed E-state index contributed by atoms with van der Waals surface area (Å²) in [5, 5.41) is 0. The van der Waals surface area contributed by atoms with Crippen molar-refractivity contribution < 1.29 is 9.52 Å². The Bertz CT molecular complexity index is 434. The molecule has 0 aliphatic carbocycles. The van der Waals surface area contributed by atoms with E-state index in [1.165, 1.54) is 5.56 Å². The molecule has 1 heterocycles. The zero-order chi connectivity index (χ0) is 10.7. The highest BCUT2D eigenvalue weighted by atomic mass is 16.7. The molecule has 0 saturated carbocycles. The van der Waals surface area contributed by atoms with Crippen molar-refractivity contribution in [2.75, 3.05) is 7.11 Å². The van der Waals surface area contributed by atoms with Crippen molar-refractivity contribution in [2.45, 2.75) is 13.5 Å². The zero-order valence-corrected chi connectivity index (χ0v) is 9.05. The lowest BCUT2D eigenvalue weighted by molar-refractivity contribution is -0.791. The van der Waals surface area contributed by atoms with Gasteiger partial charge in [-0.05, 0) is 6.92 Å². The van der Waals surface area contributed by atoms with Gasteiger partial charge in [0, 0.05) is 16.5 Å². The molecule has 0 radical (unpaired) electrons. The Hall–Kier alpha value is -1.77. The first-order valence-corrected chi connectivity index (χ1v) is 4.98. The Morgan fingerprint density at radius 1 is 1.20 bits per heavy atom. The third kappa shape index (κ3) is 2.01. The molecule has 0 aliphatic rings. The van der Waals surface area contributed by atoms with Crippen LogP contribution in [0.3, 0.4) is 0 Å². The number of nitrogens with zero attached hydrogens (tertiary/aromatic N) is 2. The van der Waals surface area contributed by atoms with E-state index < -0.39 is 0 Å². The molecule has 0 aliphatic heterocycles. The molecule has 0 atom stereocenters. The lowest BCUT2D eigenvalue weighted by Crippen LogP contribution is -2.45. The van der Waals surface area contributed by atoms with Crippen molar-refractivity contribution in [3.8, 4) is 0 Å². The van der Waals surface area contributed by atoms with Crippen molar-refractivity contribution in [2.24, 2.45) is 0 Å². The van der Waals surface area contributed by atoms with Gasteiger partial charge in [-0.25, -0.2) is 0 Å². The van der Waals surface area contributed by atoms with E-state index in [0.29, 0.717) is 0 Å². The first-order chi connectivity index (χ1) is 7.31. The monoisotopic (exact) mass is 203 g/mol. The first-order valence-electron chi connectivity index (χ1n) is 4.98. The van der Waals surface area contributed by atoms with Crippen LogP contribution in [0.1, 0.15) is 11.3 Å². The standard InChI is InChI=1S/C12H15N2O/c1-11-8-9-13(14(11)15-2)10-12-6-4-3-5-7-12/h3-9H,10H2,1-2H3/q+1. The van der Waals surface area contributed by atoms with Crippen molar-refractivity contribution in [3.05, 3.63) is 53.9 Å². The lowest BCUT2D eigenvalue weighted by Gasteiger charge is -2.01. The summed E-state index contributed by atoms with van der Waals surface area (Å²) in [4.78, 5) is 7.05. The minimum Gasteiger partial charge on any atom is -0.372 e. The number of hydrogen-bond acceptors (Lipinski definition) is 1. The van der Waals surface area contributed by atoms with Crippen LogP contribution < -0.4 is 9.52 Å². The molecule has 0 spiro atoms. The fraction of sp³-hybridized carbons (Fsp3) is 0.250. The lowest BCUT2D eigenvalue weighted by atomic mass is 10.2. The van der Waals surface area contributed by atoms with Crippen molar-refractivity contribution in [1.82, 2.24) is 4.85 Å². The van der Waals surface area contributed by atoms with Gasteiger partial charge in [0.05, 0.1) is 0 Å². The Labute approximate surface area is 89.5 Å². The molecule has 0 N–H and O–H groups in total. The molecule has 0 bridgehead atoms. The van der Waals surface area contributed by atoms with Crippen LogP contribution in [-0.2, 0) is 6.54 Å². The average molecular weight is 203 g/mol. The molecule has 3 heteroatoms. The maximum absolute atomic E-state index is 5.27. The second-order valence-electron chi connectivity index (χ2n) is 3.50. The highest BCUT2D eigenvalue weighted by molar-refractivity contribution is 5.13. The van der Waals surface area contributed by atoms with Crippen LogP contribution >= 0.6 is 0 Å². The molecule has 2 rings (SSSR count). The van der Waals surface area contributed by atoms with Crippen LogP contribution in [0.4, 0.5) is 0 Å². The van der Waals surface area contributed by atoms with E-state index in [1.807, 2.05) is 42.1 Å². The molecule has 3 nitrogen and oxygen atoms in total. The zero-order valence-electron chi connectivity index (χ0n) is 9.05. The number of rotatable bonds is 3. The van der Waals surface area contributed by atoms with Crippen LogP contribution in [0.2, 0.25) is 0 Å². The summed E-state index contributed by atoms with van der Waals surface area (Å²) in [6.07, 6.45) is 2.02. The van der Waals surface area contributed by atoms with Gasteiger partial charge in [0.25, 0.3) is 0 Å². The van der Waals surface area contributed by atoms with Gasteiger partial charge in [0.1, 0.15) is 12.8 Å². The predicted molar refractivity (Wildman–Crippen MR) is 57.4 cm³/mol. The average Bonchev–Trinajstić information content (AvgIpc) is 2.61. The largest absolute Gasteiger partial charge is 0.372 e. The number of aromatic nitrogens is 2. The third-order valence-corrected chi connectivity index (χ3v) is 2.38. The van der Waals surface area contributed by atoms with E-state index in [9.17, 15) is 0 Å². The Kier molecular flexibility index (Phi) is 2.72. The normalized spacial score (nSPS) is 10.3. The first kappa shape index (κ1) is 9.77. The summed E-state index contributed by atoms with van der Waals surface area (Å²) in [6.45, 7) is 2.84. The minimum absolute atomic E-state index is 0.822. The molecule has 15 heavy (non-hydrogen) atoms. The Balaban J connectivity index is 2.25. The molecular formula is C12H15N2O+. The third-order valence-electron chi connectivity index (χ3n) is 2.38. The van der Waals surface area contributed by atoms with E-state index in [1.54, 1.807) is 12.0 Å². The molecule has 78 valence electrons. The quantitative estimate of drug-likeness (QED) is 0.685. The molecule has 1 aromatic heterocycles. The summed E-state index contributed by atoms with van der Waals surface area (Å²) in [5.74, 6) is 0. The van der Waals surface area contributed by atoms with Gasteiger partial charge in [0.15, 0.2) is 6.20 Å². The van der Waals surface area contributed by atoms with Crippen LogP contribution in [0, 0.1) is 6.92 Å². The van der Waals surface area contributed by atoms with Gasteiger partial charge in [-0.1, -0.05) is 35.0 Å². The molecular weight excluding hydrogens is 188 g/mol. The molecule has 0 unspecified atom stereocenters. The van der Waals surface area contributed by atoms with Crippen molar-refractivity contribution in [3.63, 3.8) is 0 Å². The molecule has 2 aromatic rings. The van der Waals surface area contributed by atoms with Gasteiger partial charge in [-0.15, -0.1) is 0 Å². The van der Waals surface area contributed by atoms with Gasteiger partial charge in [0.2, 0.25) is 6.54 Å². The number of hydrogen-bond donors (Lipinski definition) is 0. The van der Waals surface area contributed by atoms with Gasteiger partial charge in [-0.3, -0.25) is 0 Å². The minimum atomic E-state index is 0.822. The second kappa shape index (κ2) is 4.17. The van der Waals surface area contributed by atoms with Gasteiger partial charge in [-0.2, -0.15) is 0 Å². The molecule has 0 fully saturated rings. The van der Waals surface area contributed by atoms with Crippen LogP contribution in [0.25, 0.3) is 0 Å². The summed E-state index contributed by atoms with van der Waals surface area (Å²) in [7, 11) is 1.68. The molecule has 1 aromatic carbocycles. The SMILES string of the molecule is COn1c(C)cc[n+]1Cc1ccccc1. The van der Waals surface area contributed by atoms with Crippen LogP contribution in [0.5, 0.6) is 0 Å². The number of benzene rings is 1. The highest BCUT2D eigenvalue weighted by Crippen LogP contribution is 1.98. The fourth-order valence-corrected chi connectivity index (χ4v) is 1.66. The summed E-state index contributed by atoms with van der Waals surface area (Å²) in [6, 6.07) is 12.4. The van der Waals surface area contributed by atoms with Gasteiger partial charge < -0.3 is 4.84 Å². The van der Waals surface area contributed by atoms with Gasteiger partial charge >= 0.3 is 0 Å². The van der Waals surface area contributed by atoms with Crippen LogP contribution in [-0.4, -0.2) is 12.0 Å². The number of aryl methyl sites for hydroxylation is 1. The van der Waals surface area contributed by atoms with E-state index in [2.05, 4.69) is 12.1 Å². The van der Waals surface area contributed by atoms with Crippen LogP contribution in [0.15, 0.2) is 42.6 Å².